The van der Waals surface area contributed by atoms with Crippen LogP contribution >= 0.6 is 0 Å². The highest BCUT2D eigenvalue weighted by molar-refractivity contribution is 5.87. The number of aromatic hydroxyl groups is 1. The van der Waals surface area contributed by atoms with E-state index < -0.39 is 6.04 Å². The monoisotopic (exact) mass is 279 g/mol. The van der Waals surface area contributed by atoms with Gasteiger partial charge < -0.3 is 21.1 Å². The Balaban J connectivity index is 2.67. The number of carbonyl (C=O) groups is 2. The third-order valence-corrected chi connectivity index (χ3v) is 2.88. The molecule has 1 atom stereocenters. The van der Waals surface area contributed by atoms with Crippen molar-refractivity contribution in [1.29, 1.82) is 0 Å². The average molecular weight is 279 g/mol. The summed E-state index contributed by atoms with van der Waals surface area (Å²) in [7, 11) is 3.30. The van der Waals surface area contributed by atoms with E-state index in [0.717, 1.165) is 5.56 Å². The number of amides is 2. The van der Waals surface area contributed by atoms with E-state index in [9.17, 15) is 14.7 Å². The lowest BCUT2D eigenvalue weighted by molar-refractivity contribution is -0.128. The van der Waals surface area contributed by atoms with Gasteiger partial charge in [0.1, 0.15) is 11.8 Å². The maximum atomic E-state index is 11.8. The average Bonchev–Trinajstić information content (AvgIpc) is 2.45. The fraction of sp³-hybridized carbons (Fsp3) is 0.429. The maximum Gasteiger partial charge on any atom is 0.242 e. The van der Waals surface area contributed by atoms with Crippen LogP contribution in [0.15, 0.2) is 24.3 Å². The Kier molecular flexibility index (Phi) is 6.52. The van der Waals surface area contributed by atoms with Crippen molar-refractivity contribution in [3.8, 4) is 5.75 Å². The van der Waals surface area contributed by atoms with Gasteiger partial charge in [-0.15, -0.1) is 0 Å². The molecule has 1 unspecified atom stereocenters. The lowest BCUT2D eigenvalue weighted by Crippen LogP contribution is -2.47. The molecule has 6 nitrogen and oxygen atoms in total. The van der Waals surface area contributed by atoms with Gasteiger partial charge in [0.05, 0.1) is 0 Å². The predicted molar refractivity (Wildman–Crippen MR) is 76.4 cm³/mol. The summed E-state index contributed by atoms with van der Waals surface area (Å²) in [6, 6.07) is 5.95. The quantitative estimate of drug-likeness (QED) is 0.555. The van der Waals surface area contributed by atoms with Crippen LogP contribution in [-0.4, -0.2) is 43.6 Å². The van der Waals surface area contributed by atoms with E-state index in [1.807, 2.05) is 0 Å². The van der Waals surface area contributed by atoms with Crippen molar-refractivity contribution in [1.82, 2.24) is 16.0 Å². The molecular weight excluding hydrogens is 258 g/mol. The Morgan fingerprint density at radius 2 is 1.85 bits per heavy atom. The molecule has 20 heavy (non-hydrogen) atoms. The molecule has 0 aliphatic rings. The molecule has 0 heterocycles. The topological polar surface area (TPSA) is 90.5 Å². The van der Waals surface area contributed by atoms with Gasteiger partial charge in [-0.3, -0.25) is 9.59 Å². The van der Waals surface area contributed by atoms with Crippen LogP contribution in [0.5, 0.6) is 5.75 Å². The van der Waals surface area contributed by atoms with Gasteiger partial charge in [-0.2, -0.15) is 0 Å². The summed E-state index contributed by atoms with van der Waals surface area (Å²) in [5, 5.41) is 17.4. The highest BCUT2D eigenvalue weighted by Gasteiger charge is 2.19. The molecule has 2 amide bonds. The van der Waals surface area contributed by atoms with E-state index in [1.54, 1.807) is 31.3 Å². The number of benzene rings is 1. The van der Waals surface area contributed by atoms with E-state index >= 15 is 0 Å². The van der Waals surface area contributed by atoms with Crippen LogP contribution in [0.3, 0.4) is 0 Å². The zero-order valence-electron chi connectivity index (χ0n) is 11.8. The molecule has 0 saturated carbocycles. The third kappa shape index (κ3) is 5.27. The second-order valence-electron chi connectivity index (χ2n) is 4.46. The Morgan fingerprint density at radius 1 is 1.20 bits per heavy atom. The lowest BCUT2D eigenvalue weighted by Gasteiger charge is -2.17. The van der Waals surface area contributed by atoms with E-state index in [0.29, 0.717) is 19.4 Å². The number of hydrogen-bond acceptors (Lipinski definition) is 4. The first kappa shape index (κ1) is 16.0. The zero-order valence-corrected chi connectivity index (χ0v) is 11.8. The Labute approximate surface area is 118 Å². The van der Waals surface area contributed by atoms with Crippen LogP contribution in [0.1, 0.15) is 12.0 Å². The largest absolute Gasteiger partial charge is 0.508 e. The summed E-state index contributed by atoms with van der Waals surface area (Å²) in [6.45, 7) is 0.561. The minimum Gasteiger partial charge on any atom is -0.508 e. The first-order valence-corrected chi connectivity index (χ1v) is 6.50. The van der Waals surface area contributed by atoms with Crippen LogP contribution in [0, 0.1) is 0 Å². The van der Waals surface area contributed by atoms with Crippen molar-refractivity contribution in [3.63, 3.8) is 0 Å². The molecular formula is C14H21N3O3. The van der Waals surface area contributed by atoms with Crippen LogP contribution in [0.25, 0.3) is 0 Å². The van der Waals surface area contributed by atoms with Crippen molar-refractivity contribution in [3.05, 3.63) is 29.8 Å². The molecule has 0 aromatic heterocycles. The van der Waals surface area contributed by atoms with E-state index in [-0.39, 0.29) is 17.6 Å². The molecule has 4 N–H and O–H groups in total. The lowest BCUT2D eigenvalue weighted by atomic mass is 10.0. The second-order valence-corrected chi connectivity index (χ2v) is 4.46. The fourth-order valence-electron chi connectivity index (χ4n) is 1.76. The number of phenolic OH excluding ortho intramolecular Hbond substituents is 1. The normalized spacial score (nSPS) is 11.7. The Bertz CT molecular complexity index is 445. The number of likely N-dealkylation sites (N-methyl/N-ethyl adjacent to an activating group) is 1. The molecule has 6 heteroatoms. The molecule has 0 aliphatic heterocycles. The molecule has 0 radical (unpaired) electrons. The minimum absolute atomic E-state index is 0.170. The van der Waals surface area contributed by atoms with Gasteiger partial charge in [0.2, 0.25) is 11.8 Å². The Hall–Kier alpha value is -2.08. The number of nitrogens with one attached hydrogen (secondary N) is 3. The first-order valence-electron chi connectivity index (χ1n) is 6.50. The predicted octanol–water partition coefficient (Wildman–Crippen LogP) is -0.225. The minimum atomic E-state index is -0.617. The fourth-order valence-corrected chi connectivity index (χ4v) is 1.76. The second kappa shape index (κ2) is 8.16. The molecule has 0 aliphatic carbocycles. The number of carbonyl (C=O) groups excluding carboxylic acids is 2. The van der Waals surface area contributed by atoms with Gasteiger partial charge in [-0.05, 0) is 24.7 Å². The maximum absolute atomic E-state index is 11.8. The smallest absolute Gasteiger partial charge is 0.242 e. The number of hydrogen-bond donors (Lipinski definition) is 4. The van der Waals surface area contributed by atoms with Gasteiger partial charge >= 0.3 is 0 Å². The van der Waals surface area contributed by atoms with Crippen LogP contribution < -0.4 is 16.0 Å². The molecule has 1 rings (SSSR count). The molecule has 0 fully saturated rings. The molecule has 0 bridgehead atoms. The summed E-state index contributed by atoms with van der Waals surface area (Å²) in [5.41, 5.74) is 0.866. The van der Waals surface area contributed by atoms with Crippen LogP contribution in [0.2, 0.25) is 0 Å². The van der Waals surface area contributed by atoms with Crippen molar-refractivity contribution >= 4 is 11.8 Å². The van der Waals surface area contributed by atoms with Crippen molar-refractivity contribution in [2.75, 3.05) is 20.6 Å². The van der Waals surface area contributed by atoms with Crippen molar-refractivity contribution in [2.45, 2.75) is 18.9 Å². The molecule has 110 valence electrons. The molecule has 0 saturated heterocycles. The van der Waals surface area contributed by atoms with Gasteiger partial charge in [0, 0.05) is 26.4 Å². The van der Waals surface area contributed by atoms with E-state index in [4.69, 9.17) is 0 Å². The summed E-state index contributed by atoms with van der Waals surface area (Å²) >= 11 is 0. The zero-order chi connectivity index (χ0) is 15.0. The Morgan fingerprint density at radius 3 is 2.40 bits per heavy atom. The highest BCUT2D eigenvalue weighted by Crippen LogP contribution is 2.11. The summed E-state index contributed by atoms with van der Waals surface area (Å²) < 4.78 is 0. The molecule has 0 spiro atoms. The van der Waals surface area contributed by atoms with Crippen LogP contribution in [0.4, 0.5) is 0 Å². The van der Waals surface area contributed by atoms with Gasteiger partial charge in [0.15, 0.2) is 0 Å². The summed E-state index contributed by atoms with van der Waals surface area (Å²) in [5.74, 6) is -0.245. The van der Waals surface area contributed by atoms with Gasteiger partial charge in [-0.25, -0.2) is 0 Å². The SMILES string of the molecule is CNCCC(=O)NC(Cc1ccc(O)cc1)C(=O)NC. The number of rotatable bonds is 7. The third-order valence-electron chi connectivity index (χ3n) is 2.88. The van der Waals surface area contributed by atoms with Gasteiger partial charge in [0.25, 0.3) is 0 Å². The highest BCUT2D eigenvalue weighted by atomic mass is 16.3. The number of phenols is 1. The van der Waals surface area contributed by atoms with E-state index in [1.165, 1.54) is 7.05 Å². The first-order chi connectivity index (χ1) is 9.56. The molecule has 1 aromatic carbocycles. The van der Waals surface area contributed by atoms with Crippen molar-refractivity contribution in [2.24, 2.45) is 0 Å². The molecule has 1 aromatic rings. The standard InChI is InChI=1S/C14H21N3O3/c1-15-8-7-13(19)17-12(14(20)16-2)9-10-3-5-11(18)6-4-10/h3-6,12,15,18H,7-9H2,1-2H3,(H,16,20)(H,17,19). The van der Waals surface area contributed by atoms with Gasteiger partial charge in [-0.1, -0.05) is 12.1 Å². The van der Waals surface area contributed by atoms with Crippen LogP contribution in [-0.2, 0) is 16.0 Å². The van der Waals surface area contributed by atoms with E-state index in [2.05, 4.69) is 16.0 Å². The van der Waals surface area contributed by atoms with Crippen molar-refractivity contribution < 1.29 is 14.7 Å². The summed E-state index contributed by atoms with van der Waals surface area (Å²) in [6.07, 6.45) is 0.699. The summed E-state index contributed by atoms with van der Waals surface area (Å²) in [4.78, 5) is 23.5.